The maximum absolute atomic E-state index is 6.09. The van der Waals surface area contributed by atoms with Crippen molar-refractivity contribution in [3.05, 3.63) is 11.1 Å². The zero-order valence-electron chi connectivity index (χ0n) is 11.9. The van der Waals surface area contributed by atoms with Crippen molar-refractivity contribution in [1.82, 2.24) is 9.36 Å². The van der Waals surface area contributed by atoms with Gasteiger partial charge < -0.3 is 11.1 Å². The third-order valence-electron chi connectivity index (χ3n) is 5.58. The van der Waals surface area contributed by atoms with Crippen molar-refractivity contribution in [1.29, 1.82) is 0 Å². The van der Waals surface area contributed by atoms with Gasteiger partial charge in [0.05, 0.1) is 5.56 Å². The first-order valence-electron chi connectivity index (χ1n) is 7.66. The van der Waals surface area contributed by atoms with Gasteiger partial charge in [-0.15, -0.1) is 11.3 Å². The van der Waals surface area contributed by atoms with Crippen molar-refractivity contribution >= 4 is 33.7 Å². The second-order valence-corrected chi connectivity index (χ2v) is 8.36. The molecule has 21 heavy (non-hydrogen) atoms. The fourth-order valence-corrected chi connectivity index (χ4v) is 6.43. The van der Waals surface area contributed by atoms with Gasteiger partial charge in [0.25, 0.3) is 0 Å². The van der Waals surface area contributed by atoms with Crippen LogP contribution in [0.5, 0.6) is 0 Å². The Hall–Kier alpha value is -1.14. The Morgan fingerprint density at radius 3 is 2.71 bits per heavy atom. The summed E-state index contributed by atoms with van der Waals surface area (Å²) in [7, 11) is 0. The summed E-state index contributed by atoms with van der Waals surface area (Å²) < 4.78 is 4.35. The van der Waals surface area contributed by atoms with Crippen LogP contribution in [0.4, 0.5) is 10.8 Å². The highest BCUT2D eigenvalue weighted by molar-refractivity contribution is 7.15. The van der Waals surface area contributed by atoms with E-state index in [9.17, 15) is 0 Å². The highest BCUT2D eigenvalue weighted by Gasteiger charge is 2.65. The number of nitrogens with one attached hydrogen (secondary N) is 1. The number of aryl methyl sites for hydroxylation is 1. The second kappa shape index (κ2) is 4.20. The third-order valence-corrected chi connectivity index (χ3v) is 7.35. The highest BCUT2D eigenvalue weighted by Crippen LogP contribution is 2.66. The fourth-order valence-electron chi connectivity index (χ4n) is 4.75. The minimum absolute atomic E-state index is 0.616. The molecule has 3 aliphatic carbocycles. The average molecular weight is 318 g/mol. The quantitative estimate of drug-likeness (QED) is 0.907. The third kappa shape index (κ3) is 1.72. The van der Waals surface area contributed by atoms with Crippen LogP contribution in [0, 0.1) is 30.6 Å². The number of hydrogen-bond acceptors (Lipinski definition) is 6. The van der Waals surface area contributed by atoms with Gasteiger partial charge in [0.1, 0.15) is 15.8 Å². The minimum Gasteiger partial charge on any atom is -0.382 e. The molecule has 6 heteroatoms. The Kier molecular flexibility index (Phi) is 2.48. The summed E-state index contributed by atoms with van der Waals surface area (Å²) >= 11 is 3.14. The smallest absolute Gasteiger partial charge is 0.149 e. The van der Waals surface area contributed by atoms with Crippen LogP contribution in [0.15, 0.2) is 5.38 Å². The van der Waals surface area contributed by atoms with Gasteiger partial charge in [-0.25, -0.2) is 4.98 Å². The number of nitrogens with zero attached hydrogens (tertiary/aromatic N) is 2. The fraction of sp³-hybridized carbons (Fsp3) is 0.600. The summed E-state index contributed by atoms with van der Waals surface area (Å²) in [6, 6.07) is 0.663. The van der Waals surface area contributed by atoms with E-state index in [4.69, 9.17) is 5.73 Å². The number of nitrogens with two attached hydrogens (primary N) is 1. The molecule has 2 heterocycles. The van der Waals surface area contributed by atoms with Gasteiger partial charge in [0, 0.05) is 17.1 Å². The zero-order chi connectivity index (χ0) is 14.1. The van der Waals surface area contributed by atoms with E-state index < -0.39 is 0 Å². The molecule has 0 aliphatic heterocycles. The van der Waals surface area contributed by atoms with Crippen molar-refractivity contribution in [3.8, 4) is 10.6 Å². The van der Waals surface area contributed by atoms with Crippen LogP contribution in [-0.4, -0.2) is 15.4 Å². The molecule has 0 spiro atoms. The molecular formula is C15H18N4S2. The van der Waals surface area contributed by atoms with Gasteiger partial charge in [-0.1, -0.05) is 0 Å². The maximum atomic E-state index is 6.09. The van der Waals surface area contributed by atoms with E-state index >= 15 is 0 Å². The van der Waals surface area contributed by atoms with E-state index in [2.05, 4.69) is 20.1 Å². The first-order chi connectivity index (χ1) is 10.2. The first-order valence-corrected chi connectivity index (χ1v) is 9.32. The van der Waals surface area contributed by atoms with Crippen molar-refractivity contribution in [2.75, 3.05) is 11.1 Å². The molecular weight excluding hydrogens is 300 g/mol. The van der Waals surface area contributed by atoms with E-state index in [0.29, 0.717) is 11.9 Å². The summed E-state index contributed by atoms with van der Waals surface area (Å²) in [4.78, 5) is 4.58. The first kappa shape index (κ1) is 12.4. The molecule has 4 nitrogen and oxygen atoms in total. The number of nitrogen functional groups attached to an aromatic ring is 1. The summed E-state index contributed by atoms with van der Waals surface area (Å²) in [5.74, 6) is 4.41. The molecule has 2 aromatic heterocycles. The summed E-state index contributed by atoms with van der Waals surface area (Å²) in [6.07, 6.45) is 4.39. The van der Waals surface area contributed by atoms with Crippen molar-refractivity contribution in [3.63, 3.8) is 0 Å². The van der Waals surface area contributed by atoms with E-state index in [-0.39, 0.29) is 0 Å². The summed E-state index contributed by atoms with van der Waals surface area (Å²) in [5, 5.41) is 7.95. The standard InChI is InChI=1S/C15H18N4S2/c1-6-5-20-14(17-6)11-13(16)19-21-15(11)18-12-9-7-2-3-8(4-7)10(9)12/h5,7-10,12,18H,2-4H2,1H3,(H2,16,19). The highest BCUT2D eigenvalue weighted by atomic mass is 32.1. The van der Waals surface area contributed by atoms with Crippen LogP contribution >= 0.6 is 22.9 Å². The number of rotatable bonds is 3. The van der Waals surface area contributed by atoms with Crippen molar-refractivity contribution < 1.29 is 0 Å². The zero-order valence-corrected chi connectivity index (χ0v) is 13.5. The molecule has 4 atom stereocenters. The predicted molar refractivity (Wildman–Crippen MR) is 87.6 cm³/mol. The van der Waals surface area contributed by atoms with E-state index in [0.717, 1.165) is 44.9 Å². The molecule has 4 unspecified atom stereocenters. The average Bonchev–Trinajstić information content (AvgIpc) is 2.94. The normalized spacial score (nSPS) is 36.0. The number of hydrogen-bond donors (Lipinski definition) is 2. The monoisotopic (exact) mass is 318 g/mol. The van der Waals surface area contributed by atoms with Crippen LogP contribution < -0.4 is 11.1 Å². The summed E-state index contributed by atoms with van der Waals surface area (Å²) in [5.41, 5.74) is 8.16. The lowest BCUT2D eigenvalue weighted by molar-refractivity contribution is 0.456. The van der Waals surface area contributed by atoms with Crippen molar-refractivity contribution in [2.24, 2.45) is 23.7 Å². The van der Waals surface area contributed by atoms with Gasteiger partial charge in [-0.05, 0) is 61.4 Å². The molecule has 3 aliphatic rings. The lowest BCUT2D eigenvalue weighted by Crippen LogP contribution is -2.12. The van der Waals surface area contributed by atoms with Crippen molar-refractivity contribution in [2.45, 2.75) is 32.2 Å². The molecule has 0 saturated heterocycles. The van der Waals surface area contributed by atoms with Crippen LogP contribution in [0.2, 0.25) is 0 Å². The topological polar surface area (TPSA) is 63.8 Å². The molecule has 5 rings (SSSR count). The Labute approximate surface area is 132 Å². The maximum Gasteiger partial charge on any atom is 0.149 e. The van der Waals surface area contributed by atoms with E-state index in [1.165, 1.54) is 30.8 Å². The molecule has 3 N–H and O–H groups in total. The second-order valence-electron chi connectivity index (χ2n) is 6.72. The largest absolute Gasteiger partial charge is 0.382 e. The molecule has 110 valence electrons. The number of fused-ring (bicyclic) bond motifs is 5. The lowest BCUT2D eigenvalue weighted by atomic mass is 10.0. The molecule has 0 amide bonds. The Morgan fingerprint density at radius 1 is 1.29 bits per heavy atom. The van der Waals surface area contributed by atoms with Gasteiger partial charge in [-0.2, -0.15) is 4.37 Å². The van der Waals surface area contributed by atoms with Crippen LogP contribution in [0.1, 0.15) is 25.0 Å². The summed E-state index contributed by atoms with van der Waals surface area (Å²) in [6.45, 7) is 2.02. The molecule has 2 bridgehead atoms. The Morgan fingerprint density at radius 2 is 2.05 bits per heavy atom. The van der Waals surface area contributed by atoms with E-state index in [1.807, 2.05) is 6.92 Å². The van der Waals surface area contributed by atoms with Gasteiger partial charge in [0.15, 0.2) is 0 Å². The van der Waals surface area contributed by atoms with Gasteiger partial charge >= 0.3 is 0 Å². The predicted octanol–water partition coefficient (Wildman–Crippen LogP) is 3.61. The van der Waals surface area contributed by atoms with E-state index in [1.54, 1.807) is 11.3 Å². The number of thiazole rings is 1. The van der Waals surface area contributed by atoms with Gasteiger partial charge in [-0.3, -0.25) is 0 Å². The Balaban J connectivity index is 1.44. The van der Waals surface area contributed by atoms with Crippen LogP contribution in [0.3, 0.4) is 0 Å². The van der Waals surface area contributed by atoms with Crippen LogP contribution in [-0.2, 0) is 0 Å². The SMILES string of the molecule is Cc1csc(-c2c(N)nsc2NC2C3C4CCC(C4)C23)n1. The Bertz CT molecular complexity index is 690. The molecule has 2 aromatic rings. The lowest BCUT2D eigenvalue weighted by Gasteiger charge is -2.11. The van der Waals surface area contributed by atoms with Crippen LogP contribution in [0.25, 0.3) is 10.6 Å². The molecule has 0 radical (unpaired) electrons. The van der Waals surface area contributed by atoms with Gasteiger partial charge in [0.2, 0.25) is 0 Å². The number of anilines is 2. The molecule has 3 saturated carbocycles. The minimum atomic E-state index is 0.616. The molecule has 3 fully saturated rings. The number of aromatic nitrogens is 2. The molecule has 0 aromatic carbocycles.